The number of anilines is 1. The van der Waals surface area contributed by atoms with Crippen molar-refractivity contribution in [3.63, 3.8) is 0 Å². The molecule has 0 bridgehead atoms. The van der Waals surface area contributed by atoms with Gasteiger partial charge in [0.05, 0.1) is 12.6 Å². The first-order chi connectivity index (χ1) is 11.0. The van der Waals surface area contributed by atoms with Gasteiger partial charge in [0.1, 0.15) is 6.04 Å². The van der Waals surface area contributed by atoms with Gasteiger partial charge in [-0.1, -0.05) is 26.0 Å². The molecule has 1 aromatic rings. The number of hydrogen-bond donors (Lipinski definition) is 4. The number of carbonyl (C=O) groups is 2. The molecule has 6 heteroatoms. The molecule has 2 rings (SSSR count). The van der Waals surface area contributed by atoms with Crippen molar-refractivity contribution in [2.45, 2.75) is 45.4 Å². The second kappa shape index (κ2) is 8.08. The Balaban J connectivity index is 1.98. The van der Waals surface area contributed by atoms with Crippen LogP contribution in [0.2, 0.25) is 0 Å². The van der Waals surface area contributed by atoms with Crippen molar-refractivity contribution < 1.29 is 14.7 Å². The number of rotatable bonds is 6. The van der Waals surface area contributed by atoms with Crippen LogP contribution in [-0.2, 0) is 16.2 Å². The largest absolute Gasteiger partial charge is 0.392 e. The second-order valence-electron chi connectivity index (χ2n) is 6.22. The molecular formula is C17H25N3O3. The van der Waals surface area contributed by atoms with Crippen LogP contribution < -0.4 is 16.0 Å². The Hall–Kier alpha value is -1.92. The first-order valence-electron chi connectivity index (χ1n) is 8.05. The predicted octanol–water partition coefficient (Wildman–Crippen LogP) is 1.01. The molecule has 2 amide bonds. The lowest BCUT2D eigenvalue weighted by atomic mass is 10.0. The number of nitrogens with one attached hydrogen (secondary N) is 3. The monoisotopic (exact) mass is 319 g/mol. The minimum absolute atomic E-state index is 0.0166. The molecule has 0 spiro atoms. The Bertz CT molecular complexity index is 537. The molecule has 0 saturated carbocycles. The van der Waals surface area contributed by atoms with Crippen molar-refractivity contribution in [1.82, 2.24) is 10.6 Å². The molecule has 1 fully saturated rings. The number of amides is 2. The minimum atomic E-state index is -0.581. The van der Waals surface area contributed by atoms with Gasteiger partial charge in [-0.05, 0) is 43.0 Å². The van der Waals surface area contributed by atoms with Crippen molar-refractivity contribution >= 4 is 17.5 Å². The molecule has 1 aromatic carbocycles. The topological polar surface area (TPSA) is 90.5 Å². The number of aliphatic hydroxyl groups is 1. The summed E-state index contributed by atoms with van der Waals surface area (Å²) in [5.74, 6) is -0.368. The van der Waals surface area contributed by atoms with Crippen LogP contribution in [0.15, 0.2) is 24.3 Å². The van der Waals surface area contributed by atoms with Gasteiger partial charge >= 0.3 is 0 Å². The average molecular weight is 319 g/mol. The number of hydrogen-bond acceptors (Lipinski definition) is 4. The summed E-state index contributed by atoms with van der Waals surface area (Å²) in [5.41, 5.74) is 1.43. The summed E-state index contributed by atoms with van der Waals surface area (Å²) in [5, 5.41) is 17.8. The van der Waals surface area contributed by atoms with E-state index in [0.29, 0.717) is 5.69 Å². The van der Waals surface area contributed by atoms with Crippen molar-refractivity contribution in [2.75, 3.05) is 11.9 Å². The Kier molecular flexibility index (Phi) is 6.12. The third-order valence-electron chi connectivity index (χ3n) is 4.03. The van der Waals surface area contributed by atoms with E-state index in [-0.39, 0.29) is 30.4 Å². The van der Waals surface area contributed by atoms with Crippen LogP contribution in [0.4, 0.5) is 5.69 Å². The fourth-order valence-electron chi connectivity index (χ4n) is 2.61. The van der Waals surface area contributed by atoms with Gasteiger partial charge < -0.3 is 21.1 Å². The smallest absolute Gasteiger partial charge is 0.247 e. The summed E-state index contributed by atoms with van der Waals surface area (Å²) in [6, 6.07) is 6.19. The molecule has 4 N–H and O–H groups in total. The standard InChI is InChI=1S/C17H25N3O3/c1-11(2)15(20-16(22)14-4-3-9-18-14)17(23)19-13-7-5-12(10-21)6-8-13/h5-8,11,14-15,18,21H,3-4,9-10H2,1-2H3,(H,19,23)(H,20,22). The highest BCUT2D eigenvalue weighted by Gasteiger charge is 2.29. The fraction of sp³-hybridized carbons (Fsp3) is 0.529. The highest BCUT2D eigenvalue weighted by molar-refractivity contribution is 5.98. The maximum Gasteiger partial charge on any atom is 0.247 e. The third kappa shape index (κ3) is 4.77. The zero-order valence-corrected chi connectivity index (χ0v) is 13.6. The second-order valence-corrected chi connectivity index (χ2v) is 6.22. The summed E-state index contributed by atoms with van der Waals surface area (Å²) in [7, 11) is 0. The average Bonchev–Trinajstić information content (AvgIpc) is 3.07. The molecule has 2 unspecified atom stereocenters. The summed E-state index contributed by atoms with van der Waals surface area (Å²) in [6.07, 6.45) is 1.79. The maximum atomic E-state index is 12.5. The quantitative estimate of drug-likeness (QED) is 0.630. The predicted molar refractivity (Wildman–Crippen MR) is 88.8 cm³/mol. The van der Waals surface area contributed by atoms with E-state index in [2.05, 4.69) is 16.0 Å². The number of aliphatic hydroxyl groups excluding tert-OH is 1. The van der Waals surface area contributed by atoms with E-state index in [1.54, 1.807) is 24.3 Å². The van der Waals surface area contributed by atoms with Crippen LogP contribution in [0, 0.1) is 5.92 Å². The lowest BCUT2D eigenvalue weighted by molar-refractivity contribution is -0.128. The Morgan fingerprint density at radius 1 is 1.30 bits per heavy atom. The van der Waals surface area contributed by atoms with E-state index in [0.717, 1.165) is 24.9 Å². The molecule has 2 atom stereocenters. The Morgan fingerprint density at radius 3 is 2.52 bits per heavy atom. The van der Waals surface area contributed by atoms with Gasteiger partial charge in [0, 0.05) is 5.69 Å². The molecule has 1 aliphatic rings. The molecular weight excluding hydrogens is 294 g/mol. The third-order valence-corrected chi connectivity index (χ3v) is 4.03. The van der Waals surface area contributed by atoms with E-state index < -0.39 is 6.04 Å². The van der Waals surface area contributed by atoms with Gasteiger partial charge in [-0.3, -0.25) is 9.59 Å². The number of carbonyl (C=O) groups excluding carboxylic acids is 2. The number of benzene rings is 1. The van der Waals surface area contributed by atoms with Crippen LogP contribution in [0.1, 0.15) is 32.3 Å². The Morgan fingerprint density at radius 2 is 2.00 bits per heavy atom. The lowest BCUT2D eigenvalue weighted by Crippen LogP contribution is -2.52. The molecule has 1 aliphatic heterocycles. The van der Waals surface area contributed by atoms with Crippen molar-refractivity contribution in [1.29, 1.82) is 0 Å². The van der Waals surface area contributed by atoms with E-state index in [9.17, 15) is 9.59 Å². The van der Waals surface area contributed by atoms with Gasteiger partial charge in [0.2, 0.25) is 11.8 Å². The maximum absolute atomic E-state index is 12.5. The van der Waals surface area contributed by atoms with Gasteiger partial charge in [-0.2, -0.15) is 0 Å². The SMILES string of the molecule is CC(C)C(NC(=O)C1CCCN1)C(=O)Nc1ccc(CO)cc1. The molecule has 0 aliphatic carbocycles. The van der Waals surface area contributed by atoms with Crippen LogP contribution in [0.25, 0.3) is 0 Å². The zero-order valence-electron chi connectivity index (χ0n) is 13.6. The van der Waals surface area contributed by atoms with Crippen LogP contribution >= 0.6 is 0 Å². The molecule has 1 heterocycles. The van der Waals surface area contributed by atoms with Crippen molar-refractivity contribution in [3.05, 3.63) is 29.8 Å². The molecule has 0 aromatic heterocycles. The van der Waals surface area contributed by atoms with Crippen LogP contribution in [0.5, 0.6) is 0 Å². The van der Waals surface area contributed by atoms with Crippen molar-refractivity contribution in [2.24, 2.45) is 5.92 Å². The van der Waals surface area contributed by atoms with Crippen LogP contribution in [-0.4, -0.2) is 35.5 Å². The van der Waals surface area contributed by atoms with Gasteiger partial charge in [0.25, 0.3) is 0 Å². The molecule has 1 saturated heterocycles. The van der Waals surface area contributed by atoms with Gasteiger partial charge in [-0.25, -0.2) is 0 Å². The van der Waals surface area contributed by atoms with Crippen molar-refractivity contribution in [3.8, 4) is 0 Å². The first kappa shape index (κ1) is 17.4. The summed E-state index contributed by atoms with van der Waals surface area (Å²) in [4.78, 5) is 24.7. The summed E-state index contributed by atoms with van der Waals surface area (Å²) < 4.78 is 0. The molecule has 23 heavy (non-hydrogen) atoms. The molecule has 6 nitrogen and oxygen atoms in total. The van der Waals surface area contributed by atoms with E-state index >= 15 is 0 Å². The van der Waals surface area contributed by atoms with E-state index in [4.69, 9.17) is 5.11 Å². The van der Waals surface area contributed by atoms with Gasteiger partial charge in [-0.15, -0.1) is 0 Å². The van der Waals surface area contributed by atoms with Gasteiger partial charge in [0.15, 0.2) is 0 Å². The highest BCUT2D eigenvalue weighted by atomic mass is 16.3. The van der Waals surface area contributed by atoms with E-state index in [1.165, 1.54) is 0 Å². The molecule has 0 radical (unpaired) electrons. The first-order valence-corrected chi connectivity index (χ1v) is 8.05. The summed E-state index contributed by atoms with van der Waals surface area (Å²) >= 11 is 0. The van der Waals surface area contributed by atoms with E-state index in [1.807, 2.05) is 13.8 Å². The normalized spacial score (nSPS) is 18.7. The highest BCUT2D eigenvalue weighted by Crippen LogP contribution is 2.13. The van der Waals surface area contributed by atoms with Crippen LogP contribution in [0.3, 0.4) is 0 Å². The fourth-order valence-corrected chi connectivity index (χ4v) is 2.61. The summed E-state index contributed by atoms with van der Waals surface area (Å²) in [6.45, 7) is 4.62. The Labute approximate surface area is 136 Å². The zero-order chi connectivity index (χ0) is 16.8. The molecule has 126 valence electrons. The minimum Gasteiger partial charge on any atom is -0.392 e. The lowest BCUT2D eigenvalue weighted by Gasteiger charge is -2.23.